The quantitative estimate of drug-likeness (QED) is 0.341. The van der Waals surface area contributed by atoms with Gasteiger partial charge in [0.1, 0.15) is 17.8 Å². The number of terminal acetylenes is 1. The van der Waals surface area contributed by atoms with E-state index in [0.29, 0.717) is 17.8 Å². The minimum absolute atomic E-state index is 0.00605. The summed E-state index contributed by atoms with van der Waals surface area (Å²) in [7, 11) is -3.97. The van der Waals surface area contributed by atoms with Gasteiger partial charge in [0.25, 0.3) is 0 Å². The predicted molar refractivity (Wildman–Crippen MR) is 130 cm³/mol. The number of carbonyl (C=O) groups is 1. The number of nitrogens with zero attached hydrogens (tertiary/aromatic N) is 4. The van der Waals surface area contributed by atoms with Crippen molar-refractivity contribution in [2.75, 3.05) is 11.9 Å². The maximum absolute atomic E-state index is 13.3. The van der Waals surface area contributed by atoms with Crippen molar-refractivity contribution in [3.05, 3.63) is 71.4 Å². The van der Waals surface area contributed by atoms with Crippen LogP contribution in [0.5, 0.6) is 0 Å². The van der Waals surface area contributed by atoms with Gasteiger partial charge in [0, 0.05) is 24.0 Å². The molecule has 0 amide bonds. The maximum atomic E-state index is 13.3. The molecule has 0 saturated heterocycles. The van der Waals surface area contributed by atoms with E-state index >= 15 is 0 Å². The number of nitrogens with two attached hydrogens (primary N) is 1. The summed E-state index contributed by atoms with van der Waals surface area (Å²) in [5.41, 5.74) is 2.34. The van der Waals surface area contributed by atoms with E-state index in [2.05, 4.69) is 26.3 Å². The van der Waals surface area contributed by atoms with Crippen molar-refractivity contribution in [3.63, 3.8) is 0 Å². The Hall–Kier alpha value is -3.59. The minimum atomic E-state index is -3.97. The molecule has 4 rings (SSSR count). The molecule has 0 bridgehead atoms. The first-order chi connectivity index (χ1) is 16.7. The molecule has 11 heteroatoms. The predicted octanol–water partition coefficient (Wildman–Crippen LogP) is 2.30. The molecule has 2 heterocycles. The van der Waals surface area contributed by atoms with Gasteiger partial charge >= 0.3 is 10.3 Å². The lowest BCUT2D eigenvalue weighted by Gasteiger charge is -2.16. The molecule has 0 aliphatic heterocycles. The second-order valence-electron chi connectivity index (χ2n) is 8.54. The van der Waals surface area contributed by atoms with Crippen LogP contribution in [0, 0.1) is 18.3 Å². The fourth-order valence-corrected chi connectivity index (χ4v) is 4.59. The van der Waals surface area contributed by atoms with Crippen LogP contribution in [0.3, 0.4) is 0 Å². The summed E-state index contributed by atoms with van der Waals surface area (Å²) in [6.07, 6.45) is 12.3. The van der Waals surface area contributed by atoms with Gasteiger partial charge in [-0.15, -0.1) is 6.42 Å². The van der Waals surface area contributed by atoms with Crippen LogP contribution in [0.25, 0.3) is 0 Å². The maximum Gasteiger partial charge on any atom is 0.333 e. The van der Waals surface area contributed by atoms with Crippen molar-refractivity contribution >= 4 is 21.9 Å². The molecule has 1 saturated carbocycles. The van der Waals surface area contributed by atoms with Crippen LogP contribution in [0.2, 0.25) is 0 Å². The molecule has 1 aromatic carbocycles. The van der Waals surface area contributed by atoms with Gasteiger partial charge in [-0.1, -0.05) is 18.1 Å². The van der Waals surface area contributed by atoms with Crippen LogP contribution in [0.4, 0.5) is 5.82 Å². The van der Waals surface area contributed by atoms with Gasteiger partial charge in [-0.2, -0.15) is 13.5 Å². The number of carbonyl (C=O) groups excluding carboxylic acids is 1. The third-order valence-electron chi connectivity index (χ3n) is 6.08. The first-order valence-corrected chi connectivity index (χ1v) is 12.6. The smallest absolute Gasteiger partial charge is 0.333 e. The number of hydrogen-bond acceptors (Lipinski definition) is 8. The third-order valence-corrected chi connectivity index (χ3v) is 6.55. The summed E-state index contributed by atoms with van der Waals surface area (Å²) in [6, 6.07) is 9.18. The Bertz CT molecular complexity index is 1360. The highest BCUT2D eigenvalue weighted by atomic mass is 32.2. The molecule has 0 radical (unpaired) electrons. The van der Waals surface area contributed by atoms with Gasteiger partial charge in [0.2, 0.25) is 5.78 Å². The van der Waals surface area contributed by atoms with Crippen LogP contribution in [-0.2, 0) is 14.5 Å². The monoisotopic (exact) mass is 494 g/mol. The first kappa shape index (κ1) is 24.5. The second kappa shape index (κ2) is 10.4. The highest BCUT2D eigenvalue weighted by molar-refractivity contribution is 7.84. The summed E-state index contributed by atoms with van der Waals surface area (Å²) in [6.45, 7) is 2.01. The van der Waals surface area contributed by atoms with Crippen LogP contribution in [0.15, 0.2) is 49.1 Å². The summed E-state index contributed by atoms with van der Waals surface area (Å²) in [5, 5.41) is 12.7. The zero-order valence-corrected chi connectivity index (χ0v) is 20.0. The largest absolute Gasteiger partial charge is 0.367 e. The van der Waals surface area contributed by atoms with Crippen LogP contribution >= 0.6 is 0 Å². The Morgan fingerprint density at radius 1 is 1.37 bits per heavy atom. The topological polar surface area (TPSA) is 142 Å². The number of anilines is 1. The van der Waals surface area contributed by atoms with E-state index in [1.165, 1.54) is 12.5 Å². The molecule has 2 aromatic heterocycles. The van der Waals surface area contributed by atoms with Gasteiger partial charge in [0.15, 0.2) is 0 Å². The Kier molecular flexibility index (Phi) is 7.25. The highest BCUT2D eigenvalue weighted by Gasteiger charge is 2.28. The molecular formula is C24H26N6O4S. The Balaban J connectivity index is 1.46. The summed E-state index contributed by atoms with van der Waals surface area (Å²) in [4.78, 5) is 21.6. The number of hydrogen-bond donors (Lipinski definition) is 2. The van der Waals surface area contributed by atoms with E-state index in [0.717, 1.165) is 24.0 Å². The molecule has 35 heavy (non-hydrogen) atoms. The fraction of sp³-hybridized carbons (Fsp3) is 0.333. The molecular weight excluding hydrogens is 468 g/mol. The lowest BCUT2D eigenvalue weighted by molar-refractivity contribution is 0.103. The average molecular weight is 495 g/mol. The number of rotatable bonds is 9. The molecule has 3 atom stereocenters. The van der Waals surface area contributed by atoms with E-state index in [4.69, 9.17) is 15.7 Å². The van der Waals surface area contributed by atoms with Gasteiger partial charge in [0.05, 0.1) is 18.2 Å². The van der Waals surface area contributed by atoms with Gasteiger partial charge in [-0.05, 0) is 55.9 Å². The molecule has 3 N–H and O–H groups in total. The summed E-state index contributed by atoms with van der Waals surface area (Å²) < 4.78 is 28.5. The standard InChI is InChI=1S/C24H26N6O4S/c1-3-17-5-4-6-19(11-17)16(2)30-10-9-22(29-30)23(31)21-13-26-15-27-24(21)28-20-8-7-18(12-20)14-34-35(25,32)33/h1,4-6,9-11,13,15-16,18,20H,7-8,12,14H2,2H3,(H2,25,32,33)(H,26,27,28)/t16?,18-,20+/m1/s1. The molecule has 1 aliphatic rings. The van der Waals surface area contributed by atoms with Crippen LogP contribution in [0.1, 0.15) is 59.4 Å². The number of ketones is 1. The average Bonchev–Trinajstić information content (AvgIpc) is 3.52. The van der Waals surface area contributed by atoms with Crippen LogP contribution in [-0.4, -0.2) is 46.6 Å². The minimum Gasteiger partial charge on any atom is -0.367 e. The van der Waals surface area contributed by atoms with E-state index in [1.807, 2.05) is 31.2 Å². The molecule has 1 fully saturated rings. The Morgan fingerprint density at radius 3 is 2.97 bits per heavy atom. The molecule has 3 aromatic rings. The molecule has 1 unspecified atom stereocenters. The normalized spacial score (nSPS) is 18.7. The Morgan fingerprint density at radius 2 is 2.20 bits per heavy atom. The van der Waals surface area contributed by atoms with E-state index < -0.39 is 10.3 Å². The number of benzene rings is 1. The fourth-order valence-electron chi connectivity index (χ4n) is 4.21. The van der Waals surface area contributed by atoms with Crippen molar-refractivity contribution in [3.8, 4) is 12.3 Å². The zero-order chi connectivity index (χ0) is 25.0. The molecule has 0 spiro atoms. The van der Waals surface area contributed by atoms with E-state index in [1.54, 1.807) is 16.9 Å². The lowest BCUT2D eigenvalue weighted by Crippen LogP contribution is -2.22. The van der Waals surface area contributed by atoms with E-state index in [9.17, 15) is 13.2 Å². The number of nitrogens with one attached hydrogen (secondary N) is 1. The highest BCUT2D eigenvalue weighted by Crippen LogP contribution is 2.29. The third kappa shape index (κ3) is 6.10. The van der Waals surface area contributed by atoms with Crippen molar-refractivity contribution in [1.82, 2.24) is 19.7 Å². The second-order valence-corrected chi connectivity index (χ2v) is 9.76. The van der Waals surface area contributed by atoms with Gasteiger partial charge in [-0.3, -0.25) is 13.7 Å². The number of aromatic nitrogens is 4. The Labute approximate surface area is 204 Å². The first-order valence-electron chi connectivity index (χ1n) is 11.1. The molecule has 10 nitrogen and oxygen atoms in total. The summed E-state index contributed by atoms with van der Waals surface area (Å²) in [5.74, 6) is 2.77. The van der Waals surface area contributed by atoms with Crippen molar-refractivity contribution < 1.29 is 17.4 Å². The van der Waals surface area contributed by atoms with E-state index in [-0.39, 0.29) is 36.1 Å². The zero-order valence-electron chi connectivity index (χ0n) is 19.2. The SMILES string of the molecule is C#Cc1cccc(C(C)n2ccc(C(=O)c3cncnc3N[C@H]3CC[C@@H](COS(N)(=O)=O)C3)n2)c1. The van der Waals surface area contributed by atoms with Crippen molar-refractivity contribution in [2.24, 2.45) is 11.1 Å². The molecule has 182 valence electrons. The van der Waals surface area contributed by atoms with Crippen molar-refractivity contribution in [1.29, 1.82) is 0 Å². The lowest BCUT2D eigenvalue weighted by atomic mass is 10.1. The van der Waals surface area contributed by atoms with Gasteiger partial charge in [-0.25, -0.2) is 15.1 Å². The summed E-state index contributed by atoms with van der Waals surface area (Å²) >= 11 is 0. The molecule has 1 aliphatic carbocycles. The van der Waals surface area contributed by atoms with Crippen LogP contribution < -0.4 is 10.5 Å². The van der Waals surface area contributed by atoms with Crippen molar-refractivity contribution in [2.45, 2.75) is 38.3 Å². The van der Waals surface area contributed by atoms with Gasteiger partial charge < -0.3 is 5.32 Å².